The van der Waals surface area contributed by atoms with Gasteiger partial charge in [-0.25, -0.2) is 0 Å². The lowest BCUT2D eigenvalue weighted by Crippen LogP contribution is -2.17. The molecule has 0 aliphatic carbocycles. The Morgan fingerprint density at radius 3 is 2.88 bits per heavy atom. The van der Waals surface area contributed by atoms with E-state index in [1.54, 1.807) is 0 Å². The van der Waals surface area contributed by atoms with Gasteiger partial charge in [-0.05, 0) is 25.6 Å². The van der Waals surface area contributed by atoms with Crippen LogP contribution in [0.15, 0.2) is 24.3 Å². The average molecular weight is 222 g/mol. The SMILES string of the molecule is CCCCOc1cccc(NCCNC)c1. The average Bonchev–Trinajstić information content (AvgIpc) is 2.30. The largest absolute Gasteiger partial charge is 0.494 e. The topological polar surface area (TPSA) is 33.3 Å². The van der Waals surface area contributed by atoms with Gasteiger partial charge in [-0.1, -0.05) is 19.4 Å². The lowest BCUT2D eigenvalue weighted by molar-refractivity contribution is 0.309. The van der Waals surface area contributed by atoms with E-state index in [0.717, 1.165) is 37.6 Å². The minimum atomic E-state index is 0.802. The van der Waals surface area contributed by atoms with Crippen LogP contribution in [0.1, 0.15) is 19.8 Å². The fourth-order valence-corrected chi connectivity index (χ4v) is 1.36. The summed E-state index contributed by atoms with van der Waals surface area (Å²) in [5.41, 5.74) is 1.12. The van der Waals surface area contributed by atoms with Crippen LogP contribution in [0.4, 0.5) is 5.69 Å². The molecule has 0 aromatic heterocycles. The fourth-order valence-electron chi connectivity index (χ4n) is 1.36. The first-order chi connectivity index (χ1) is 7.86. The molecule has 0 amide bonds. The normalized spacial score (nSPS) is 10.1. The highest BCUT2D eigenvalue weighted by molar-refractivity contribution is 5.48. The Hall–Kier alpha value is -1.22. The van der Waals surface area contributed by atoms with Crippen molar-refractivity contribution in [3.05, 3.63) is 24.3 Å². The van der Waals surface area contributed by atoms with Gasteiger partial charge in [-0.3, -0.25) is 0 Å². The van der Waals surface area contributed by atoms with Crippen molar-refractivity contribution in [2.24, 2.45) is 0 Å². The molecule has 3 heteroatoms. The third-order valence-electron chi connectivity index (χ3n) is 2.30. The van der Waals surface area contributed by atoms with Gasteiger partial charge in [0.05, 0.1) is 6.61 Å². The quantitative estimate of drug-likeness (QED) is 0.663. The van der Waals surface area contributed by atoms with Crippen molar-refractivity contribution in [1.29, 1.82) is 0 Å². The maximum atomic E-state index is 5.64. The summed E-state index contributed by atoms with van der Waals surface area (Å²) in [6.45, 7) is 4.85. The Morgan fingerprint density at radius 1 is 1.25 bits per heavy atom. The monoisotopic (exact) mass is 222 g/mol. The molecule has 0 radical (unpaired) electrons. The third-order valence-corrected chi connectivity index (χ3v) is 2.30. The number of likely N-dealkylation sites (N-methyl/N-ethyl adjacent to an activating group) is 1. The molecular formula is C13H22N2O. The molecule has 0 atom stereocenters. The summed E-state index contributed by atoms with van der Waals surface area (Å²) >= 11 is 0. The number of hydrogen-bond donors (Lipinski definition) is 2. The Balaban J connectivity index is 2.37. The van der Waals surface area contributed by atoms with E-state index in [1.807, 2.05) is 25.2 Å². The van der Waals surface area contributed by atoms with Crippen LogP contribution < -0.4 is 15.4 Å². The van der Waals surface area contributed by atoms with Crippen molar-refractivity contribution in [2.75, 3.05) is 32.1 Å². The number of rotatable bonds is 8. The summed E-state index contributed by atoms with van der Waals surface area (Å²) in [4.78, 5) is 0. The van der Waals surface area contributed by atoms with Gasteiger partial charge < -0.3 is 15.4 Å². The molecule has 16 heavy (non-hydrogen) atoms. The Labute approximate surface area is 98.2 Å². The van der Waals surface area contributed by atoms with Gasteiger partial charge >= 0.3 is 0 Å². The van der Waals surface area contributed by atoms with Crippen molar-refractivity contribution in [1.82, 2.24) is 5.32 Å². The first-order valence-electron chi connectivity index (χ1n) is 5.98. The highest BCUT2D eigenvalue weighted by Crippen LogP contribution is 2.17. The lowest BCUT2D eigenvalue weighted by Gasteiger charge is -2.09. The van der Waals surface area contributed by atoms with E-state index in [4.69, 9.17) is 4.74 Å². The fraction of sp³-hybridized carbons (Fsp3) is 0.538. The minimum Gasteiger partial charge on any atom is -0.494 e. The molecule has 1 aromatic carbocycles. The van der Waals surface area contributed by atoms with E-state index < -0.39 is 0 Å². The Kier molecular flexibility index (Phi) is 6.42. The first kappa shape index (κ1) is 12.8. The van der Waals surface area contributed by atoms with Gasteiger partial charge in [0.2, 0.25) is 0 Å². The second-order valence-corrected chi connectivity index (χ2v) is 3.76. The Morgan fingerprint density at radius 2 is 2.12 bits per heavy atom. The predicted molar refractivity (Wildman–Crippen MR) is 69.3 cm³/mol. The van der Waals surface area contributed by atoms with Crippen LogP contribution in [0, 0.1) is 0 Å². The van der Waals surface area contributed by atoms with E-state index >= 15 is 0 Å². The van der Waals surface area contributed by atoms with Crippen molar-refractivity contribution >= 4 is 5.69 Å². The summed E-state index contributed by atoms with van der Waals surface area (Å²) in [5.74, 6) is 0.947. The molecule has 90 valence electrons. The van der Waals surface area contributed by atoms with E-state index in [2.05, 4.69) is 23.6 Å². The van der Waals surface area contributed by atoms with Crippen molar-refractivity contribution < 1.29 is 4.74 Å². The molecule has 2 N–H and O–H groups in total. The van der Waals surface area contributed by atoms with Crippen LogP contribution >= 0.6 is 0 Å². The second-order valence-electron chi connectivity index (χ2n) is 3.76. The maximum absolute atomic E-state index is 5.64. The van der Waals surface area contributed by atoms with E-state index in [1.165, 1.54) is 6.42 Å². The molecule has 0 saturated carbocycles. The molecule has 0 saturated heterocycles. The minimum absolute atomic E-state index is 0.802. The smallest absolute Gasteiger partial charge is 0.121 e. The number of anilines is 1. The number of unbranched alkanes of at least 4 members (excludes halogenated alkanes) is 1. The van der Waals surface area contributed by atoms with Crippen molar-refractivity contribution in [2.45, 2.75) is 19.8 Å². The zero-order valence-electron chi connectivity index (χ0n) is 10.3. The van der Waals surface area contributed by atoms with E-state index in [0.29, 0.717) is 0 Å². The summed E-state index contributed by atoms with van der Waals surface area (Å²) in [7, 11) is 1.95. The summed E-state index contributed by atoms with van der Waals surface area (Å²) < 4.78 is 5.64. The van der Waals surface area contributed by atoms with Gasteiger partial charge in [0.1, 0.15) is 5.75 Å². The number of benzene rings is 1. The highest BCUT2D eigenvalue weighted by Gasteiger charge is 1.95. The van der Waals surface area contributed by atoms with Crippen LogP contribution in [-0.2, 0) is 0 Å². The van der Waals surface area contributed by atoms with Gasteiger partial charge in [0, 0.05) is 24.8 Å². The first-order valence-corrected chi connectivity index (χ1v) is 5.98. The predicted octanol–water partition coefficient (Wildman–Crippen LogP) is 2.50. The summed E-state index contributed by atoms with van der Waals surface area (Å²) in [6, 6.07) is 8.12. The van der Waals surface area contributed by atoms with Gasteiger partial charge in [0.15, 0.2) is 0 Å². The standard InChI is InChI=1S/C13H22N2O/c1-3-4-10-16-13-7-5-6-12(11-13)15-9-8-14-2/h5-7,11,14-15H,3-4,8-10H2,1-2H3. The third kappa shape index (κ3) is 5.03. The van der Waals surface area contributed by atoms with Gasteiger partial charge in [-0.2, -0.15) is 0 Å². The van der Waals surface area contributed by atoms with Gasteiger partial charge in [-0.15, -0.1) is 0 Å². The molecule has 0 heterocycles. The molecule has 0 aliphatic heterocycles. The molecular weight excluding hydrogens is 200 g/mol. The summed E-state index contributed by atoms with van der Waals surface area (Å²) in [6.07, 6.45) is 2.28. The van der Waals surface area contributed by atoms with Crippen molar-refractivity contribution in [3.8, 4) is 5.75 Å². The van der Waals surface area contributed by atoms with E-state index in [9.17, 15) is 0 Å². The van der Waals surface area contributed by atoms with Crippen LogP contribution in [0.25, 0.3) is 0 Å². The number of nitrogens with one attached hydrogen (secondary N) is 2. The maximum Gasteiger partial charge on any atom is 0.121 e. The van der Waals surface area contributed by atoms with Crippen LogP contribution in [0.2, 0.25) is 0 Å². The van der Waals surface area contributed by atoms with Crippen molar-refractivity contribution in [3.63, 3.8) is 0 Å². The molecule has 1 aromatic rings. The lowest BCUT2D eigenvalue weighted by atomic mass is 10.3. The molecule has 0 bridgehead atoms. The second kappa shape index (κ2) is 7.99. The van der Waals surface area contributed by atoms with E-state index in [-0.39, 0.29) is 0 Å². The Bertz CT molecular complexity index is 264. The molecule has 0 unspecified atom stereocenters. The van der Waals surface area contributed by atoms with Crippen LogP contribution in [0.3, 0.4) is 0 Å². The number of hydrogen-bond acceptors (Lipinski definition) is 3. The molecule has 3 nitrogen and oxygen atoms in total. The molecule has 1 rings (SSSR count). The van der Waals surface area contributed by atoms with Gasteiger partial charge in [0.25, 0.3) is 0 Å². The molecule has 0 aliphatic rings. The molecule has 0 spiro atoms. The molecule has 0 fully saturated rings. The highest BCUT2D eigenvalue weighted by atomic mass is 16.5. The zero-order chi connectivity index (χ0) is 11.6. The van der Waals surface area contributed by atoms with Crippen LogP contribution in [0.5, 0.6) is 5.75 Å². The summed E-state index contributed by atoms with van der Waals surface area (Å²) in [5, 5.41) is 6.43. The zero-order valence-corrected chi connectivity index (χ0v) is 10.3. The number of ether oxygens (including phenoxy) is 1. The van der Waals surface area contributed by atoms with Crippen LogP contribution in [-0.4, -0.2) is 26.7 Å².